The van der Waals surface area contributed by atoms with E-state index in [1.165, 1.54) is 12.1 Å². The van der Waals surface area contributed by atoms with Crippen LogP contribution in [-0.4, -0.2) is 67.1 Å². The second kappa shape index (κ2) is 10.4. The second-order valence-electron chi connectivity index (χ2n) is 8.38. The first-order chi connectivity index (χ1) is 15.2. The van der Waals surface area contributed by atoms with Gasteiger partial charge in [0.1, 0.15) is 35.6 Å². The highest BCUT2D eigenvalue weighted by molar-refractivity contribution is 5.79. The third-order valence-corrected chi connectivity index (χ3v) is 6.03. The van der Waals surface area contributed by atoms with Crippen molar-refractivity contribution in [1.82, 2.24) is 0 Å². The summed E-state index contributed by atoms with van der Waals surface area (Å²) < 4.78 is 5.38. The van der Waals surface area contributed by atoms with E-state index in [2.05, 4.69) is 0 Å². The average Bonchev–Trinajstić information content (AvgIpc) is 2.78. The average molecular weight is 446 g/mol. The molecule has 0 radical (unpaired) electrons. The van der Waals surface area contributed by atoms with Crippen LogP contribution in [0.2, 0.25) is 0 Å². The maximum atomic E-state index is 12.7. The molecule has 1 aliphatic heterocycles. The Morgan fingerprint density at radius 2 is 1.47 bits per heavy atom. The molecule has 3 rings (SSSR count). The van der Waals surface area contributed by atoms with Crippen LogP contribution >= 0.6 is 0 Å². The summed E-state index contributed by atoms with van der Waals surface area (Å²) in [5.74, 6) is -2.92. The van der Waals surface area contributed by atoms with Crippen molar-refractivity contribution in [1.29, 1.82) is 0 Å². The van der Waals surface area contributed by atoms with E-state index in [0.29, 0.717) is 12.8 Å². The number of benzene rings is 2. The molecule has 0 amide bonds. The van der Waals surface area contributed by atoms with Crippen LogP contribution in [0.25, 0.3) is 0 Å². The third kappa shape index (κ3) is 5.85. The van der Waals surface area contributed by atoms with Gasteiger partial charge >= 0.3 is 0 Å². The SMILES string of the molecule is O=C(CCc1ccc(O)cc1)C[C@H](CCc1ccc(O)cc1)[C@@]1(O)OC[C@@H](O)[C@H](O)[C@H]1O. The predicted octanol–water partition coefficient (Wildman–Crippen LogP) is 1.04. The predicted molar refractivity (Wildman–Crippen MR) is 115 cm³/mol. The van der Waals surface area contributed by atoms with Crippen molar-refractivity contribution in [2.75, 3.05) is 6.61 Å². The Kier molecular flexibility index (Phi) is 7.86. The Morgan fingerprint density at radius 1 is 0.938 bits per heavy atom. The molecule has 1 aliphatic rings. The highest BCUT2D eigenvalue weighted by Crippen LogP contribution is 2.36. The number of phenols is 2. The summed E-state index contributed by atoms with van der Waals surface area (Å²) in [6, 6.07) is 13.1. The Labute approximate surface area is 186 Å². The van der Waals surface area contributed by atoms with Crippen LogP contribution in [0.4, 0.5) is 0 Å². The van der Waals surface area contributed by atoms with Gasteiger partial charge < -0.3 is 35.4 Å². The lowest BCUT2D eigenvalue weighted by molar-refractivity contribution is -0.342. The Bertz CT molecular complexity index is 882. The molecule has 174 valence electrons. The maximum absolute atomic E-state index is 12.7. The third-order valence-electron chi connectivity index (χ3n) is 6.03. The molecule has 1 saturated heterocycles. The molecule has 8 heteroatoms. The van der Waals surface area contributed by atoms with Gasteiger partial charge in [0, 0.05) is 18.8 Å². The van der Waals surface area contributed by atoms with Crippen molar-refractivity contribution in [2.24, 2.45) is 5.92 Å². The van der Waals surface area contributed by atoms with E-state index in [0.717, 1.165) is 11.1 Å². The van der Waals surface area contributed by atoms with Crippen molar-refractivity contribution in [3.8, 4) is 11.5 Å². The molecule has 5 atom stereocenters. The first-order valence-electron chi connectivity index (χ1n) is 10.7. The van der Waals surface area contributed by atoms with Crippen molar-refractivity contribution >= 4 is 5.78 Å². The van der Waals surface area contributed by atoms with Gasteiger partial charge in [-0.3, -0.25) is 4.79 Å². The molecule has 0 saturated carbocycles. The molecule has 32 heavy (non-hydrogen) atoms. The molecular formula is C24H30O8. The zero-order valence-corrected chi connectivity index (χ0v) is 17.7. The number of hydrogen-bond donors (Lipinski definition) is 6. The van der Waals surface area contributed by atoms with Crippen molar-refractivity contribution < 1.29 is 40.2 Å². The highest BCUT2D eigenvalue weighted by Gasteiger charge is 2.53. The first-order valence-corrected chi connectivity index (χ1v) is 10.7. The molecule has 2 aromatic carbocycles. The number of ether oxygens (including phenoxy) is 1. The molecule has 0 bridgehead atoms. The standard InChI is InChI=1S/C24H30O8/c25-18-8-2-15(3-9-18)1-7-17(24(31)23(30)22(29)21(28)14-32-24)13-20(27)12-6-16-4-10-19(26)11-5-16/h2-5,8-11,17,21-23,25-26,28-31H,1,6-7,12-14H2/t17-,21+,22-,23+,24+/m0/s1. The molecule has 1 heterocycles. The van der Waals surface area contributed by atoms with Crippen LogP contribution in [0.15, 0.2) is 48.5 Å². The van der Waals surface area contributed by atoms with E-state index in [1.807, 2.05) is 0 Å². The first kappa shape index (κ1) is 24.2. The van der Waals surface area contributed by atoms with Crippen molar-refractivity contribution in [2.45, 2.75) is 56.2 Å². The fourth-order valence-electron chi connectivity index (χ4n) is 4.00. The molecule has 0 unspecified atom stereocenters. The normalized spacial score (nSPS) is 26.6. The van der Waals surface area contributed by atoms with Gasteiger partial charge in [-0.15, -0.1) is 0 Å². The number of aryl methyl sites for hydroxylation is 2. The van der Waals surface area contributed by atoms with Crippen LogP contribution in [0.5, 0.6) is 11.5 Å². The molecule has 0 aromatic heterocycles. The minimum absolute atomic E-state index is 0.0907. The van der Waals surface area contributed by atoms with Gasteiger partial charge in [-0.05, 0) is 54.7 Å². The molecule has 2 aromatic rings. The number of hydrogen-bond acceptors (Lipinski definition) is 8. The van der Waals surface area contributed by atoms with Gasteiger partial charge in [-0.1, -0.05) is 24.3 Å². The summed E-state index contributed by atoms with van der Waals surface area (Å²) in [4.78, 5) is 12.7. The number of aromatic hydroxyl groups is 2. The topological polar surface area (TPSA) is 148 Å². The van der Waals surface area contributed by atoms with Crippen molar-refractivity contribution in [3.05, 3.63) is 59.7 Å². The van der Waals surface area contributed by atoms with Crippen molar-refractivity contribution in [3.63, 3.8) is 0 Å². The summed E-state index contributed by atoms with van der Waals surface area (Å²) in [5.41, 5.74) is 1.74. The van der Waals surface area contributed by atoms with Gasteiger partial charge in [0.15, 0.2) is 5.79 Å². The summed E-state index contributed by atoms with van der Waals surface area (Å²) in [6.07, 6.45) is -3.46. The smallest absolute Gasteiger partial charge is 0.198 e. The van der Waals surface area contributed by atoms with Crippen LogP contribution < -0.4 is 0 Å². The Morgan fingerprint density at radius 3 is 2.03 bits per heavy atom. The highest BCUT2D eigenvalue weighted by atomic mass is 16.6. The van der Waals surface area contributed by atoms with E-state index < -0.39 is 30.0 Å². The summed E-state index contributed by atoms with van der Waals surface area (Å²) >= 11 is 0. The lowest BCUT2D eigenvalue weighted by atomic mass is 9.80. The fraction of sp³-hybridized carbons (Fsp3) is 0.458. The lowest BCUT2D eigenvalue weighted by Gasteiger charge is -2.46. The quantitative estimate of drug-likeness (QED) is 0.335. The van der Waals surface area contributed by atoms with Gasteiger partial charge in [-0.2, -0.15) is 0 Å². The molecule has 0 spiro atoms. The second-order valence-corrected chi connectivity index (χ2v) is 8.38. The monoisotopic (exact) mass is 446 g/mol. The fourth-order valence-corrected chi connectivity index (χ4v) is 4.00. The number of phenolic OH excluding ortho intramolecular Hbond substituents is 2. The minimum Gasteiger partial charge on any atom is -0.508 e. The molecule has 0 aliphatic carbocycles. The zero-order chi connectivity index (χ0) is 23.3. The number of Topliss-reactive ketones (excluding diaryl/α,β-unsaturated/α-hetero) is 1. The Hall–Kier alpha value is -2.49. The maximum Gasteiger partial charge on any atom is 0.198 e. The van der Waals surface area contributed by atoms with Crippen LogP contribution in [0.3, 0.4) is 0 Å². The summed E-state index contributed by atoms with van der Waals surface area (Å²) in [7, 11) is 0. The molecule has 8 nitrogen and oxygen atoms in total. The van der Waals surface area contributed by atoms with E-state index in [1.54, 1.807) is 36.4 Å². The van der Waals surface area contributed by atoms with Crippen LogP contribution in [0, 0.1) is 5.92 Å². The number of aliphatic hydroxyl groups excluding tert-OH is 3. The zero-order valence-electron chi connectivity index (χ0n) is 17.7. The van der Waals surface area contributed by atoms with Crippen LogP contribution in [-0.2, 0) is 22.4 Å². The number of carbonyl (C=O) groups excluding carboxylic acids is 1. The van der Waals surface area contributed by atoms with E-state index >= 15 is 0 Å². The summed E-state index contributed by atoms with van der Waals surface area (Å²) in [5, 5.41) is 60.2. The molecule has 6 N–H and O–H groups in total. The number of carbonyl (C=O) groups is 1. The Balaban J connectivity index is 1.70. The van der Waals surface area contributed by atoms with Gasteiger partial charge in [0.2, 0.25) is 0 Å². The molecule has 1 fully saturated rings. The summed E-state index contributed by atoms with van der Waals surface area (Å²) in [6.45, 7) is -0.369. The van der Waals surface area contributed by atoms with Gasteiger partial charge in [0.05, 0.1) is 6.61 Å². The minimum atomic E-state index is -2.19. The lowest BCUT2D eigenvalue weighted by Crippen LogP contribution is -2.64. The number of ketones is 1. The van der Waals surface area contributed by atoms with E-state index in [4.69, 9.17) is 4.74 Å². The number of aliphatic hydroxyl groups is 4. The molecular weight excluding hydrogens is 416 g/mol. The van der Waals surface area contributed by atoms with Gasteiger partial charge in [0.25, 0.3) is 0 Å². The van der Waals surface area contributed by atoms with E-state index in [-0.39, 0.29) is 43.2 Å². The number of rotatable bonds is 9. The van der Waals surface area contributed by atoms with Gasteiger partial charge in [-0.25, -0.2) is 0 Å². The van der Waals surface area contributed by atoms with E-state index in [9.17, 15) is 35.4 Å². The largest absolute Gasteiger partial charge is 0.508 e. The van der Waals surface area contributed by atoms with Crippen LogP contribution in [0.1, 0.15) is 30.4 Å².